The third-order valence-corrected chi connectivity index (χ3v) is 9.94. The fourth-order valence-corrected chi connectivity index (χ4v) is 6.40. The summed E-state index contributed by atoms with van der Waals surface area (Å²) >= 11 is 0. The minimum atomic E-state index is 0.0234. The normalized spacial score (nSPS) is 12.3. The second-order valence-corrected chi connectivity index (χ2v) is 14.6. The third-order valence-electron chi connectivity index (χ3n) is 9.94. The Morgan fingerprint density at radius 1 is 0.467 bits per heavy atom. The molecular formula is C43H84O2. The second kappa shape index (κ2) is 39.4. The molecule has 0 bridgehead atoms. The molecular weight excluding hydrogens is 548 g/mol. The minimum Gasteiger partial charge on any atom is -0.466 e. The van der Waals surface area contributed by atoms with Gasteiger partial charge in [-0.05, 0) is 44.4 Å². The summed E-state index contributed by atoms with van der Waals surface area (Å²) in [6.45, 7) is 7.62. The zero-order chi connectivity index (χ0) is 32.7. The average Bonchev–Trinajstić information content (AvgIpc) is 3.05. The van der Waals surface area contributed by atoms with Crippen molar-refractivity contribution in [3.05, 3.63) is 12.2 Å². The van der Waals surface area contributed by atoms with Crippen LogP contribution in [-0.4, -0.2) is 12.6 Å². The van der Waals surface area contributed by atoms with Crippen molar-refractivity contribution in [2.45, 2.75) is 245 Å². The fourth-order valence-electron chi connectivity index (χ4n) is 6.40. The number of ether oxygens (including phenoxy) is 1. The van der Waals surface area contributed by atoms with Crippen LogP contribution in [0.3, 0.4) is 0 Å². The van der Waals surface area contributed by atoms with Gasteiger partial charge < -0.3 is 4.74 Å². The Kier molecular flexibility index (Phi) is 38.7. The van der Waals surface area contributed by atoms with Gasteiger partial charge in [0.25, 0.3) is 0 Å². The van der Waals surface area contributed by atoms with Crippen LogP contribution in [0, 0.1) is 5.92 Å². The first-order chi connectivity index (χ1) is 22.2. The van der Waals surface area contributed by atoms with E-state index in [-0.39, 0.29) is 5.97 Å². The van der Waals surface area contributed by atoms with Gasteiger partial charge in [-0.15, -0.1) is 0 Å². The molecule has 0 heterocycles. The van der Waals surface area contributed by atoms with Crippen molar-refractivity contribution in [1.29, 1.82) is 0 Å². The predicted molar refractivity (Wildman–Crippen MR) is 202 cm³/mol. The van der Waals surface area contributed by atoms with Crippen LogP contribution in [0.4, 0.5) is 0 Å². The van der Waals surface area contributed by atoms with Gasteiger partial charge in [-0.2, -0.15) is 0 Å². The van der Waals surface area contributed by atoms with Crippen molar-refractivity contribution in [2.24, 2.45) is 5.92 Å². The highest BCUT2D eigenvalue weighted by molar-refractivity contribution is 5.69. The number of esters is 1. The lowest BCUT2D eigenvalue weighted by Gasteiger charge is -2.07. The van der Waals surface area contributed by atoms with Crippen molar-refractivity contribution in [2.75, 3.05) is 6.61 Å². The Bertz CT molecular complexity index is 582. The molecule has 45 heavy (non-hydrogen) atoms. The van der Waals surface area contributed by atoms with Crippen LogP contribution in [0.1, 0.15) is 245 Å². The Labute approximate surface area is 285 Å². The molecule has 268 valence electrons. The summed E-state index contributed by atoms with van der Waals surface area (Å²) in [6, 6.07) is 0. The SMILES string of the molecule is CCCCCCCCC=CCCCCCCCCCC(=O)OCCCCCCCCCCCCCCCCCCCC(C)CC. The first-order valence-electron chi connectivity index (χ1n) is 21.0. The Morgan fingerprint density at radius 3 is 1.24 bits per heavy atom. The predicted octanol–water partition coefficient (Wildman–Crippen LogP) is 15.4. The fraction of sp³-hybridized carbons (Fsp3) is 0.930. The third kappa shape index (κ3) is 39.3. The lowest BCUT2D eigenvalue weighted by atomic mass is 9.99. The van der Waals surface area contributed by atoms with Crippen molar-refractivity contribution in [3.8, 4) is 0 Å². The van der Waals surface area contributed by atoms with Gasteiger partial charge in [0.05, 0.1) is 6.61 Å². The molecule has 0 fully saturated rings. The molecule has 0 saturated carbocycles. The number of hydrogen-bond acceptors (Lipinski definition) is 2. The first-order valence-corrected chi connectivity index (χ1v) is 21.0. The van der Waals surface area contributed by atoms with E-state index in [0.717, 1.165) is 18.8 Å². The van der Waals surface area contributed by atoms with E-state index in [1.165, 1.54) is 205 Å². The largest absolute Gasteiger partial charge is 0.466 e. The van der Waals surface area contributed by atoms with E-state index in [4.69, 9.17) is 4.74 Å². The van der Waals surface area contributed by atoms with Crippen molar-refractivity contribution in [3.63, 3.8) is 0 Å². The highest BCUT2D eigenvalue weighted by atomic mass is 16.5. The zero-order valence-electron chi connectivity index (χ0n) is 31.5. The van der Waals surface area contributed by atoms with E-state index in [1.807, 2.05) is 0 Å². The lowest BCUT2D eigenvalue weighted by Crippen LogP contribution is -2.05. The molecule has 0 aliphatic heterocycles. The first kappa shape index (κ1) is 44.2. The maximum Gasteiger partial charge on any atom is 0.305 e. The molecule has 2 nitrogen and oxygen atoms in total. The van der Waals surface area contributed by atoms with Crippen molar-refractivity contribution < 1.29 is 9.53 Å². The van der Waals surface area contributed by atoms with Crippen LogP contribution in [0.25, 0.3) is 0 Å². The molecule has 0 amide bonds. The molecule has 1 unspecified atom stereocenters. The van der Waals surface area contributed by atoms with Crippen molar-refractivity contribution >= 4 is 5.97 Å². The highest BCUT2D eigenvalue weighted by Gasteiger charge is 2.03. The van der Waals surface area contributed by atoms with E-state index in [1.54, 1.807) is 0 Å². The van der Waals surface area contributed by atoms with Crippen LogP contribution >= 0.6 is 0 Å². The van der Waals surface area contributed by atoms with Crippen molar-refractivity contribution in [1.82, 2.24) is 0 Å². The van der Waals surface area contributed by atoms with Crippen LogP contribution < -0.4 is 0 Å². The molecule has 1 atom stereocenters. The number of allylic oxidation sites excluding steroid dienone is 2. The van der Waals surface area contributed by atoms with Gasteiger partial charge in [-0.25, -0.2) is 0 Å². The van der Waals surface area contributed by atoms with Gasteiger partial charge in [0.15, 0.2) is 0 Å². The van der Waals surface area contributed by atoms with Gasteiger partial charge in [0.2, 0.25) is 0 Å². The summed E-state index contributed by atoms with van der Waals surface area (Å²) in [5.74, 6) is 0.954. The van der Waals surface area contributed by atoms with Gasteiger partial charge in [-0.3, -0.25) is 4.79 Å². The molecule has 0 spiro atoms. The summed E-state index contributed by atoms with van der Waals surface area (Å²) in [7, 11) is 0. The maximum atomic E-state index is 12.0. The smallest absolute Gasteiger partial charge is 0.305 e. The van der Waals surface area contributed by atoms with Gasteiger partial charge in [-0.1, -0.05) is 213 Å². The monoisotopic (exact) mass is 633 g/mol. The highest BCUT2D eigenvalue weighted by Crippen LogP contribution is 2.17. The van der Waals surface area contributed by atoms with Gasteiger partial charge >= 0.3 is 5.97 Å². The Hall–Kier alpha value is -0.790. The Morgan fingerprint density at radius 2 is 0.822 bits per heavy atom. The molecule has 0 aromatic rings. The summed E-state index contributed by atoms with van der Waals surface area (Å²) in [6.07, 6.45) is 51.5. The molecule has 0 rings (SSSR count). The number of unbranched alkanes of at least 4 members (excludes halogenated alkanes) is 29. The number of hydrogen-bond donors (Lipinski definition) is 0. The number of rotatable bonds is 38. The molecule has 0 aliphatic carbocycles. The van der Waals surface area contributed by atoms with Crippen LogP contribution in [0.5, 0.6) is 0 Å². The van der Waals surface area contributed by atoms with E-state index < -0.39 is 0 Å². The minimum absolute atomic E-state index is 0.0234. The van der Waals surface area contributed by atoms with Crippen LogP contribution in [-0.2, 0) is 9.53 Å². The summed E-state index contributed by atoms with van der Waals surface area (Å²) < 4.78 is 5.47. The molecule has 0 aromatic heterocycles. The topological polar surface area (TPSA) is 26.3 Å². The lowest BCUT2D eigenvalue weighted by molar-refractivity contribution is -0.143. The second-order valence-electron chi connectivity index (χ2n) is 14.6. The standard InChI is InChI=1S/C43H84O2/c1-4-6-7-8-9-10-11-12-13-15-19-22-25-28-31-34-37-40-43(44)45-41-38-35-32-29-26-23-20-17-14-16-18-21-24-27-30-33-36-39-42(3)5-2/h12-13,42H,4-11,14-41H2,1-3H3. The van der Waals surface area contributed by atoms with Gasteiger partial charge in [0, 0.05) is 6.42 Å². The van der Waals surface area contributed by atoms with Crippen LogP contribution in [0.2, 0.25) is 0 Å². The zero-order valence-corrected chi connectivity index (χ0v) is 31.5. The molecule has 0 N–H and O–H groups in total. The van der Waals surface area contributed by atoms with Crippen LogP contribution in [0.15, 0.2) is 12.2 Å². The van der Waals surface area contributed by atoms with E-state index >= 15 is 0 Å². The van der Waals surface area contributed by atoms with E-state index in [9.17, 15) is 4.79 Å². The molecule has 2 heteroatoms. The quantitative estimate of drug-likeness (QED) is 0.0384. The maximum absolute atomic E-state index is 12.0. The Balaban J connectivity index is 3.18. The molecule has 0 radical (unpaired) electrons. The van der Waals surface area contributed by atoms with E-state index in [0.29, 0.717) is 13.0 Å². The molecule has 0 saturated heterocycles. The number of carbonyl (C=O) groups excluding carboxylic acids is 1. The number of carbonyl (C=O) groups is 1. The molecule has 0 aromatic carbocycles. The molecule has 0 aliphatic rings. The summed E-state index contributed by atoms with van der Waals surface area (Å²) in [5.41, 5.74) is 0. The average molecular weight is 633 g/mol. The van der Waals surface area contributed by atoms with E-state index in [2.05, 4.69) is 32.9 Å². The summed E-state index contributed by atoms with van der Waals surface area (Å²) in [4.78, 5) is 12.0. The van der Waals surface area contributed by atoms with Gasteiger partial charge in [0.1, 0.15) is 0 Å². The summed E-state index contributed by atoms with van der Waals surface area (Å²) in [5, 5.41) is 0.